The molecule has 0 aromatic heterocycles. The Hall–Kier alpha value is -0.570. The van der Waals surface area contributed by atoms with E-state index in [1.807, 2.05) is 6.92 Å². The number of hydrogen-bond donors (Lipinski definition) is 1. The predicted molar refractivity (Wildman–Crippen MR) is 60.7 cm³/mol. The van der Waals surface area contributed by atoms with Crippen LogP contribution in [0, 0.1) is 5.41 Å². The lowest BCUT2D eigenvalue weighted by Gasteiger charge is -2.24. The largest absolute Gasteiger partial charge is 0.461 e. The smallest absolute Gasteiger partial charge is 0.323 e. The zero-order valence-corrected chi connectivity index (χ0v) is 10.3. The van der Waals surface area contributed by atoms with Gasteiger partial charge in [-0.3, -0.25) is 4.79 Å². The van der Waals surface area contributed by atoms with Crippen LogP contribution in [0.5, 0.6) is 0 Å². The zero-order valence-electron chi connectivity index (χ0n) is 10.3. The van der Waals surface area contributed by atoms with Gasteiger partial charge in [0.05, 0.1) is 6.10 Å². The van der Waals surface area contributed by atoms with Gasteiger partial charge in [-0.1, -0.05) is 20.8 Å². The van der Waals surface area contributed by atoms with Gasteiger partial charge in [-0.05, 0) is 38.1 Å². The van der Waals surface area contributed by atoms with Gasteiger partial charge in [0.15, 0.2) is 0 Å². The third-order valence-electron chi connectivity index (χ3n) is 2.56. The number of ether oxygens (including phenoxy) is 1. The molecule has 1 rings (SSSR count). The van der Waals surface area contributed by atoms with E-state index in [1.54, 1.807) is 0 Å². The number of carbonyl (C=O) groups is 1. The average molecular weight is 213 g/mol. The molecule has 1 N–H and O–H groups in total. The van der Waals surface area contributed by atoms with E-state index in [-0.39, 0.29) is 23.5 Å². The van der Waals surface area contributed by atoms with Gasteiger partial charge >= 0.3 is 5.97 Å². The minimum absolute atomic E-state index is 0.0138. The zero-order chi connectivity index (χ0) is 11.5. The number of hydrogen-bond acceptors (Lipinski definition) is 3. The van der Waals surface area contributed by atoms with Crippen molar-refractivity contribution in [2.75, 3.05) is 6.54 Å². The third-order valence-corrected chi connectivity index (χ3v) is 2.56. The second-order valence-corrected chi connectivity index (χ2v) is 5.66. The maximum Gasteiger partial charge on any atom is 0.323 e. The molecule has 0 saturated carbocycles. The van der Waals surface area contributed by atoms with Crippen molar-refractivity contribution in [1.82, 2.24) is 5.32 Å². The predicted octanol–water partition coefficient (Wildman–Crippen LogP) is 2.11. The quantitative estimate of drug-likeness (QED) is 0.730. The highest BCUT2D eigenvalue weighted by Crippen LogP contribution is 2.22. The van der Waals surface area contributed by atoms with Crippen molar-refractivity contribution < 1.29 is 9.53 Å². The van der Waals surface area contributed by atoms with Crippen LogP contribution in [-0.4, -0.2) is 24.7 Å². The molecule has 0 aliphatic carbocycles. The molecule has 2 atom stereocenters. The summed E-state index contributed by atoms with van der Waals surface area (Å²) in [6.45, 7) is 9.38. The molecule has 0 unspecified atom stereocenters. The average Bonchev–Trinajstić information content (AvgIpc) is 2.50. The summed E-state index contributed by atoms with van der Waals surface area (Å²) in [5.74, 6) is -0.0794. The van der Waals surface area contributed by atoms with Gasteiger partial charge in [0, 0.05) is 0 Å². The molecule has 1 heterocycles. The number of esters is 1. The first-order valence-electron chi connectivity index (χ1n) is 5.82. The van der Waals surface area contributed by atoms with Gasteiger partial charge < -0.3 is 10.1 Å². The van der Waals surface area contributed by atoms with Crippen LogP contribution in [-0.2, 0) is 9.53 Å². The molecule has 1 aliphatic heterocycles. The van der Waals surface area contributed by atoms with Crippen molar-refractivity contribution in [3.05, 3.63) is 0 Å². The van der Waals surface area contributed by atoms with Crippen molar-refractivity contribution in [1.29, 1.82) is 0 Å². The van der Waals surface area contributed by atoms with Crippen LogP contribution in [0.3, 0.4) is 0 Å². The second-order valence-electron chi connectivity index (χ2n) is 5.66. The van der Waals surface area contributed by atoms with E-state index in [4.69, 9.17) is 4.74 Å². The summed E-state index contributed by atoms with van der Waals surface area (Å²) in [5, 5.41) is 3.15. The molecule has 3 nitrogen and oxygen atoms in total. The first kappa shape index (κ1) is 12.5. The molecule has 3 heteroatoms. The molecule has 1 fully saturated rings. The minimum Gasteiger partial charge on any atom is -0.461 e. The van der Waals surface area contributed by atoms with Crippen LogP contribution in [0.4, 0.5) is 0 Å². The van der Waals surface area contributed by atoms with E-state index in [0.29, 0.717) is 0 Å². The van der Waals surface area contributed by atoms with Crippen molar-refractivity contribution in [2.45, 2.75) is 59.1 Å². The first-order chi connectivity index (χ1) is 6.88. The summed E-state index contributed by atoms with van der Waals surface area (Å²) in [4.78, 5) is 11.7. The Morgan fingerprint density at radius 1 is 1.53 bits per heavy atom. The number of rotatable bonds is 3. The highest BCUT2D eigenvalue weighted by Gasteiger charge is 2.26. The second kappa shape index (κ2) is 4.97. The van der Waals surface area contributed by atoms with Crippen LogP contribution < -0.4 is 5.32 Å². The van der Waals surface area contributed by atoms with Crippen molar-refractivity contribution in [3.63, 3.8) is 0 Å². The Balaban J connectivity index is 2.30. The van der Waals surface area contributed by atoms with Crippen LogP contribution in [0.1, 0.15) is 47.0 Å². The molecule has 1 saturated heterocycles. The fourth-order valence-corrected chi connectivity index (χ4v) is 2.07. The number of nitrogens with one attached hydrogen (secondary N) is 1. The Kier molecular flexibility index (Phi) is 4.14. The van der Waals surface area contributed by atoms with Crippen molar-refractivity contribution in [3.8, 4) is 0 Å². The lowest BCUT2D eigenvalue weighted by molar-refractivity contribution is -0.151. The van der Waals surface area contributed by atoms with Crippen molar-refractivity contribution in [2.24, 2.45) is 5.41 Å². The van der Waals surface area contributed by atoms with Gasteiger partial charge in [-0.2, -0.15) is 0 Å². The maximum absolute atomic E-state index is 11.7. The third kappa shape index (κ3) is 4.65. The topological polar surface area (TPSA) is 38.3 Å². The highest BCUT2D eigenvalue weighted by molar-refractivity contribution is 5.76. The summed E-state index contributed by atoms with van der Waals surface area (Å²) in [6, 6.07) is -0.0626. The summed E-state index contributed by atoms with van der Waals surface area (Å²) in [7, 11) is 0. The monoisotopic (exact) mass is 213 g/mol. The fraction of sp³-hybridized carbons (Fsp3) is 0.917. The fourth-order valence-electron chi connectivity index (χ4n) is 2.07. The summed E-state index contributed by atoms with van der Waals surface area (Å²) >= 11 is 0. The molecule has 0 aromatic carbocycles. The summed E-state index contributed by atoms with van der Waals surface area (Å²) in [6.07, 6.45) is 2.92. The van der Waals surface area contributed by atoms with E-state index < -0.39 is 0 Å². The molecule has 0 radical (unpaired) electrons. The molecule has 0 aromatic rings. The van der Waals surface area contributed by atoms with E-state index >= 15 is 0 Å². The minimum atomic E-state index is -0.0794. The normalized spacial score (nSPS) is 23.9. The van der Waals surface area contributed by atoms with Gasteiger partial charge in [-0.15, -0.1) is 0 Å². The molecule has 15 heavy (non-hydrogen) atoms. The van der Waals surface area contributed by atoms with Gasteiger partial charge in [0.2, 0.25) is 0 Å². The Labute approximate surface area is 92.6 Å². The standard InChI is InChI=1S/C12H23NO2/c1-9(8-12(2,3)4)15-11(14)10-6-5-7-13-10/h9-10,13H,5-8H2,1-4H3/t9-,10-/m1/s1. The van der Waals surface area contributed by atoms with E-state index in [2.05, 4.69) is 26.1 Å². The molecule has 0 spiro atoms. The molecule has 0 amide bonds. The summed E-state index contributed by atoms with van der Waals surface area (Å²) in [5.41, 5.74) is 0.211. The molecule has 0 bridgehead atoms. The lowest BCUT2D eigenvalue weighted by atomic mass is 9.90. The van der Waals surface area contributed by atoms with Crippen LogP contribution in [0.15, 0.2) is 0 Å². The summed E-state index contributed by atoms with van der Waals surface area (Å²) < 4.78 is 5.41. The maximum atomic E-state index is 11.7. The number of carbonyl (C=O) groups excluding carboxylic acids is 1. The van der Waals surface area contributed by atoms with Gasteiger partial charge in [0.1, 0.15) is 6.04 Å². The van der Waals surface area contributed by atoms with Crippen LogP contribution in [0.2, 0.25) is 0 Å². The van der Waals surface area contributed by atoms with Crippen LogP contribution >= 0.6 is 0 Å². The highest BCUT2D eigenvalue weighted by atomic mass is 16.5. The first-order valence-corrected chi connectivity index (χ1v) is 5.82. The Morgan fingerprint density at radius 2 is 2.20 bits per heavy atom. The Bertz CT molecular complexity index is 214. The van der Waals surface area contributed by atoms with E-state index in [9.17, 15) is 4.79 Å². The van der Waals surface area contributed by atoms with Crippen LogP contribution in [0.25, 0.3) is 0 Å². The molecule has 1 aliphatic rings. The SMILES string of the molecule is C[C@H](CC(C)(C)C)OC(=O)[C@H]1CCCN1. The molecule has 88 valence electrons. The van der Waals surface area contributed by atoms with Gasteiger partial charge in [-0.25, -0.2) is 0 Å². The Morgan fingerprint density at radius 3 is 2.67 bits per heavy atom. The van der Waals surface area contributed by atoms with Crippen molar-refractivity contribution >= 4 is 5.97 Å². The van der Waals surface area contributed by atoms with E-state index in [1.165, 1.54) is 0 Å². The molecular formula is C12H23NO2. The molecular weight excluding hydrogens is 190 g/mol. The lowest BCUT2D eigenvalue weighted by Crippen LogP contribution is -2.35. The van der Waals surface area contributed by atoms with E-state index in [0.717, 1.165) is 25.8 Å². The van der Waals surface area contributed by atoms with Gasteiger partial charge in [0.25, 0.3) is 0 Å².